The summed E-state index contributed by atoms with van der Waals surface area (Å²) in [6.45, 7) is 2.20. The Kier molecular flexibility index (Phi) is 4.84. The molecule has 0 spiro atoms. The Hall–Kier alpha value is -1.36. The summed E-state index contributed by atoms with van der Waals surface area (Å²) in [7, 11) is 0. The molecule has 4 nitrogen and oxygen atoms in total. The molecule has 4 aliphatic rings. The third-order valence-electron chi connectivity index (χ3n) is 6.88. The summed E-state index contributed by atoms with van der Waals surface area (Å²) in [4.78, 5) is 24.6. The lowest BCUT2D eigenvalue weighted by Crippen LogP contribution is -2.56. The Morgan fingerprint density at radius 2 is 1.77 bits per heavy atom. The van der Waals surface area contributed by atoms with E-state index in [9.17, 15) is 9.59 Å². The van der Waals surface area contributed by atoms with Gasteiger partial charge in [0.25, 0.3) is 5.91 Å². The first-order valence-corrected chi connectivity index (χ1v) is 10.6. The van der Waals surface area contributed by atoms with Crippen LogP contribution in [0.3, 0.4) is 0 Å². The van der Waals surface area contributed by atoms with Crippen molar-refractivity contribution in [1.29, 1.82) is 0 Å². The van der Waals surface area contributed by atoms with Crippen LogP contribution in [-0.2, 0) is 4.79 Å². The SMILES string of the molecule is CC(NC(=O)CNC(=O)c1cccc(Br)c1)C12CC3CC(CC(C3)C1)C2. The van der Waals surface area contributed by atoms with Gasteiger partial charge in [-0.15, -0.1) is 0 Å². The molecule has 140 valence electrons. The maximum atomic E-state index is 12.4. The first-order valence-electron chi connectivity index (χ1n) is 9.77. The molecular weight excluding hydrogens is 392 g/mol. The Morgan fingerprint density at radius 1 is 1.15 bits per heavy atom. The highest BCUT2D eigenvalue weighted by atomic mass is 79.9. The quantitative estimate of drug-likeness (QED) is 0.761. The van der Waals surface area contributed by atoms with E-state index in [-0.39, 0.29) is 24.4 Å². The van der Waals surface area contributed by atoms with Gasteiger partial charge in [-0.25, -0.2) is 0 Å². The minimum atomic E-state index is -0.219. The normalized spacial score (nSPS) is 32.9. The maximum absolute atomic E-state index is 12.4. The first kappa shape index (κ1) is 18.0. The van der Waals surface area contributed by atoms with Crippen molar-refractivity contribution < 1.29 is 9.59 Å². The molecular formula is C21H27BrN2O2. The lowest BCUT2D eigenvalue weighted by Gasteiger charge is -2.59. The molecule has 0 aliphatic heterocycles. The number of carbonyl (C=O) groups excluding carboxylic acids is 2. The van der Waals surface area contributed by atoms with Crippen molar-refractivity contribution in [2.24, 2.45) is 23.2 Å². The summed E-state index contributed by atoms with van der Waals surface area (Å²) in [5.41, 5.74) is 0.847. The van der Waals surface area contributed by atoms with Crippen LogP contribution in [0.2, 0.25) is 0 Å². The second-order valence-corrected chi connectivity index (χ2v) is 9.68. The van der Waals surface area contributed by atoms with Crippen molar-refractivity contribution in [3.63, 3.8) is 0 Å². The van der Waals surface area contributed by atoms with E-state index in [0.29, 0.717) is 11.0 Å². The van der Waals surface area contributed by atoms with Crippen molar-refractivity contribution in [3.05, 3.63) is 34.3 Å². The number of carbonyl (C=O) groups is 2. The average Bonchev–Trinajstić information content (AvgIpc) is 2.58. The molecule has 0 saturated heterocycles. The van der Waals surface area contributed by atoms with Crippen LogP contribution in [0.1, 0.15) is 55.8 Å². The van der Waals surface area contributed by atoms with Gasteiger partial charge in [0.2, 0.25) is 5.91 Å². The largest absolute Gasteiger partial charge is 0.352 e. The van der Waals surface area contributed by atoms with E-state index in [4.69, 9.17) is 0 Å². The molecule has 2 amide bonds. The lowest BCUT2D eigenvalue weighted by atomic mass is 9.48. The second-order valence-electron chi connectivity index (χ2n) is 8.76. The molecule has 1 unspecified atom stereocenters. The van der Waals surface area contributed by atoms with E-state index in [1.54, 1.807) is 12.1 Å². The molecule has 2 N–H and O–H groups in total. The van der Waals surface area contributed by atoms with Gasteiger partial charge in [-0.1, -0.05) is 22.0 Å². The van der Waals surface area contributed by atoms with Crippen LogP contribution >= 0.6 is 15.9 Å². The van der Waals surface area contributed by atoms with Crippen LogP contribution in [0.4, 0.5) is 0 Å². The molecule has 5 rings (SSSR count). The minimum absolute atomic E-state index is 0.0298. The molecule has 4 fully saturated rings. The summed E-state index contributed by atoms with van der Waals surface area (Å²) in [5, 5.41) is 5.93. The number of hydrogen-bond donors (Lipinski definition) is 2. The summed E-state index contributed by atoms with van der Waals surface area (Å²) in [6, 6.07) is 7.37. The van der Waals surface area contributed by atoms with Crippen molar-refractivity contribution in [2.75, 3.05) is 6.54 Å². The lowest BCUT2D eigenvalue weighted by molar-refractivity contribution is -0.124. The maximum Gasteiger partial charge on any atom is 0.251 e. The molecule has 0 heterocycles. The van der Waals surface area contributed by atoms with Crippen molar-refractivity contribution in [3.8, 4) is 0 Å². The predicted molar refractivity (Wildman–Crippen MR) is 105 cm³/mol. The van der Waals surface area contributed by atoms with E-state index >= 15 is 0 Å². The average molecular weight is 419 g/mol. The highest BCUT2D eigenvalue weighted by molar-refractivity contribution is 9.10. The monoisotopic (exact) mass is 418 g/mol. The zero-order valence-electron chi connectivity index (χ0n) is 15.3. The summed E-state index contributed by atoms with van der Waals surface area (Å²) < 4.78 is 0.852. The van der Waals surface area contributed by atoms with E-state index in [0.717, 1.165) is 22.2 Å². The molecule has 0 aromatic heterocycles. The zero-order chi connectivity index (χ0) is 18.3. The molecule has 1 aromatic carbocycles. The molecule has 26 heavy (non-hydrogen) atoms. The van der Waals surface area contributed by atoms with E-state index < -0.39 is 0 Å². The number of amides is 2. The molecule has 1 aromatic rings. The molecule has 0 radical (unpaired) electrons. The smallest absolute Gasteiger partial charge is 0.251 e. The van der Waals surface area contributed by atoms with Gasteiger partial charge in [-0.05, 0) is 86.8 Å². The molecule has 4 saturated carbocycles. The van der Waals surface area contributed by atoms with Gasteiger partial charge in [0, 0.05) is 16.1 Å². The second kappa shape index (κ2) is 6.99. The number of hydrogen-bond acceptors (Lipinski definition) is 2. The van der Waals surface area contributed by atoms with Crippen LogP contribution in [0.15, 0.2) is 28.7 Å². The number of rotatable bonds is 5. The van der Waals surface area contributed by atoms with Gasteiger partial charge in [0.1, 0.15) is 0 Å². The topological polar surface area (TPSA) is 58.2 Å². The minimum Gasteiger partial charge on any atom is -0.352 e. The Balaban J connectivity index is 1.31. The molecule has 5 heteroatoms. The summed E-state index contributed by atoms with van der Waals surface area (Å²) >= 11 is 3.36. The van der Waals surface area contributed by atoms with Crippen molar-refractivity contribution >= 4 is 27.7 Å². The van der Waals surface area contributed by atoms with Gasteiger partial charge in [-0.3, -0.25) is 9.59 Å². The highest BCUT2D eigenvalue weighted by Crippen LogP contribution is 2.61. The van der Waals surface area contributed by atoms with Crippen LogP contribution < -0.4 is 10.6 Å². The number of benzene rings is 1. The molecule has 4 aliphatic carbocycles. The Bertz CT molecular complexity index is 682. The van der Waals surface area contributed by atoms with Crippen LogP contribution in [0.5, 0.6) is 0 Å². The number of nitrogens with one attached hydrogen (secondary N) is 2. The fourth-order valence-electron chi connectivity index (χ4n) is 6.05. The molecule has 4 bridgehead atoms. The van der Waals surface area contributed by atoms with E-state index in [1.807, 2.05) is 12.1 Å². The Morgan fingerprint density at radius 3 is 2.35 bits per heavy atom. The van der Waals surface area contributed by atoms with Crippen molar-refractivity contribution in [1.82, 2.24) is 10.6 Å². The predicted octanol–water partition coefficient (Wildman–Crippen LogP) is 3.90. The first-order chi connectivity index (χ1) is 12.4. The summed E-state index contributed by atoms with van der Waals surface area (Å²) in [6.07, 6.45) is 8.02. The third kappa shape index (κ3) is 3.55. The standard InChI is InChI=1S/C21H27BrN2O2/c1-13(21-9-14-5-15(10-21)7-16(6-14)11-21)24-19(25)12-23-20(26)17-3-2-4-18(22)8-17/h2-4,8,13-16H,5-7,9-12H2,1H3,(H,23,26)(H,24,25). The van der Waals surface area contributed by atoms with Gasteiger partial charge >= 0.3 is 0 Å². The van der Waals surface area contributed by atoms with Gasteiger partial charge in [0.05, 0.1) is 6.54 Å². The Labute approximate surface area is 163 Å². The van der Waals surface area contributed by atoms with E-state index in [2.05, 4.69) is 33.5 Å². The van der Waals surface area contributed by atoms with E-state index in [1.165, 1.54) is 38.5 Å². The fourth-order valence-corrected chi connectivity index (χ4v) is 6.45. The van der Waals surface area contributed by atoms with Crippen LogP contribution in [0.25, 0.3) is 0 Å². The third-order valence-corrected chi connectivity index (χ3v) is 7.37. The fraction of sp³-hybridized carbons (Fsp3) is 0.619. The van der Waals surface area contributed by atoms with Crippen LogP contribution in [-0.4, -0.2) is 24.4 Å². The van der Waals surface area contributed by atoms with Gasteiger partial charge in [-0.2, -0.15) is 0 Å². The zero-order valence-corrected chi connectivity index (χ0v) is 16.8. The highest BCUT2D eigenvalue weighted by Gasteiger charge is 2.53. The summed E-state index contributed by atoms with van der Waals surface area (Å²) in [5.74, 6) is 2.31. The van der Waals surface area contributed by atoms with Gasteiger partial charge in [0.15, 0.2) is 0 Å². The van der Waals surface area contributed by atoms with Gasteiger partial charge < -0.3 is 10.6 Å². The number of halogens is 1. The molecule has 1 atom stereocenters. The van der Waals surface area contributed by atoms with Crippen molar-refractivity contribution in [2.45, 2.75) is 51.5 Å². The van der Waals surface area contributed by atoms with Crippen LogP contribution in [0, 0.1) is 23.2 Å².